The van der Waals surface area contributed by atoms with Crippen LogP contribution in [0.25, 0.3) is 16.8 Å². The predicted octanol–water partition coefficient (Wildman–Crippen LogP) is 4.48. The maximum absolute atomic E-state index is 12.0. The molecule has 0 unspecified atom stereocenters. The Morgan fingerprint density at radius 2 is 1.62 bits per heavy atom. The Morgan fingerprint density at radius 1 is 0.917 bits per heavy atom. The summed E-state index contributed by atoms with van der Waals surface area (Å²) < 4.78 is 10.7. The highest BCUT2D eigenvalue weighted by Crippen LogP contribution is 2.21. The molecule has 0 amide bonds. The Balaban J connectivity index is 1.79. The smallest absolute Gasteiger partial charge is 0.337 e. The molecule has 24 heavy (non-hydrogen) atoms. The normalized spacial score (nSPS) is 11.3. The molecule has 0 bridgehead atoms. The van der Waals surface area contributed by atoms with Crippen molar-refractivity contribution in [2.75, 3.05) is 13.7 Å². The van der Waals surface area contributed by atoms with Crippen molar-refractivity contribution in [1.82, 2.24) is 0 Å². The molecule has 0 radical (unpaired) electrons. The van der Waals surface area contributed by atoms with Gasteiger partial charge in [0.15, 0.2) is 0 Å². The van der Waals surface area contributed by atoms with Crippen LogP contribution in [0.2, 0.25) is 0 Å². The van der Waals surface area contributed by atoms with Crippen LogP contribution >= 0.6 is 0 Å². The lowest BCUT2D eigenvalue weighted by atomic mass is 10.1. The monoisotopic (exact) mass is 318 g/mol. The van der Waals surface area contributed by atoms with Gasteiger partial charge in [-0.15, -0.1) is 0 Å². The van der Waals surface area contributed by atoms with Gasteiger partial charge in [0.2, 0.25) is 0 Å². The lowest BCUT2D eigenvalue weighted by Gasteiger charge is -2.09. The Morgan fingerprint density at radius 3 is 2.38 bits per heavy atom. The van der Waals surface area contributed by atoms with Gasteiger partial charge in [-0.25, -0.2) is 4.79 Å². The summed E-state index contributed by atoms with van der Waals surface area (Å²) in [5.41, 5.74) is 1.40. The van der Waals surface area contributed by atoms with Gasteiger partial charge in [0.05, 0.1) is 12.7 Å². The summed E-state index contributed by atoms with van der Waals surface area (Å²) in [6.45, 7) is 0.153. The SMILES string of the molecule is COC(=O)/C(=C/c1ccccc1)COc1ccc2ccccc2c1. The standard InChI is InChI=1S/C21H18O3/c1-23-21(22)19(13-16-7-3-2-4-8-16)15-24-20-12-11-17-9-5-6-10-18(17)14-20/h2-14H,15H2,1H3/b19-13+. The molecule has 0 aliphatic rings. The second kappa shape index (κ2) is 7.47. The van der Waals surface area contributed by atoms with Crippen molar-refractivity contribution in [2.45, 2.75) is 0 Å². The molecule has 0 saturated carbocycles. The molecule has 3 heteroatoms. The zero-order valence-corrected chi connectivity index (χ0v) is 13.4. The van der Waals surface area contributed by atoms with Crippen LogP contribution in [-0.4, -0.2) is 19.7 Å². The summed E-state index contributed by atoms with van der Waals surface area (Å²) >= 11 is 0. The highest BCUT2D eigenvalue weighted by atomic mass is 16.5. The van der Waals surface area contributed by atoms with E-state index in [1.807, 2.05) is 72.8 Å². The number of esters is 1. The molecule has 3 nitrogen and oxygen atoms in total. The van der Waals surface area contributed by atoms with Crippen molar-refractivity contribution < 1.29 is 14.3 Å². The fourth-order valence-corrected chi connectivity index (χ4v) is 2.46. The molecule has 0 spiro atoms. The van der Waals surface area contributed by atoms with E-state index in [1.165, 1.54) is 7.11 Å². The minimum atomic E-state index is -0.389. The van der Waals surface area contributed by atoms with E-state index in [9.17, 15) is 4.79 Å². The third-order valence-corrected chi connectivity index (χ3v) is 3.70. The predicted molar refractivity (Wildman–Crippen MR) is 95.9 cm³/mol. The molecule has 0 heterocycles. The summed E-state index contributed by atoms with van der Waals surface area (Å²) in [7, 11) is 1.37. The molecule has 0 aromatic heterocycles. The van der Waals surface area contributed by atoms with E-state index in [2.05, 4.69) is 0 Å². The number of benzene rings is 3. The van der Waals surface area contributed by atoms with Gasteiger partial charge in [0.25, 0.3) is 0 Å². The molecular formula is C21H18O3. The van der Waals surface area contributed by atoms with Crippen LogP contribution < -0.4 is 4.74 Å². The van der Waals surface area contributed by atoms with Crippen LogP contribution in [0.5, 0.6) is 5.75 Å². The van der Waals surface area contributed by atoms with E-state index in [0.29, 0.717) is 5.57 Å². The van der Waals surface area contributed by atoms with E-state index in [4.69, 9.17) is 9.47 Å². The van der Waals surface area contributed by atoms with Crippen LogP contribution in [-0.2, 0) is 9.53 Å². The molecule has 0 atom stereocenters. The second-order valence-electron chi connectivity index (χ2n) is 5.37. The van der Waals surface area contributed by atoms with Crippen molar-refractivity contribution in [1.29, 1.82) is 0 Å². The van der Waals surface area contributed by atoms with Crippen LogP contribution in [0.1, 0.15) is 5.56 Å². The average Bonchev–Trinajstić information content (AvgIpc) is 2.65. The van der Waals surface area contributed by atoms with E-state index in [-0.39, 0.29) is 12.6 Å². The van der Waals surface area contributed by atoms with Crippen LogP contribution in [0.4, 0.5) is 0 Å². The highest BCUT2D eigenvalue weighted by molar-refractivity contribution is 5.94. The summed E-state index contributed by atoms with van der Waals surface area (Å²) in [6.07, 6.45) is 1.78. The Bertz CT molecular complexity index is 866. The molecular weight excluding hydrogens is 300 g/mol. The first-order chi connectivity index (χ1) is 11.8. The van der Waals surface area contributed by atoms with E-state index in [0.717, 1.165) is 22.1 Å². The number of hydrogen-bond donors (Lipinski definition) is 0. The first kappa shape index (κ1) is 15.8. The highest BCUT2D eigenvalue weighted by Gasteiger charge is 2.11. The van der Waals surface area contributed by atoms with Crippen molar-refractivity contribution in [3.05, 3.63) is 83.9 Å². The average molecular weight is 318 g/mol. The number of ether oxygens (including phenoxy) is 2. The first-order valence-electron chi connectivity index (χ1n) is 7.72. The summed E-state index contributed by atoms with van der Waals surface area (Å²) in [5.74, 6) is 0.330. The maximum atomic E-state index is 12.0. The topological polar surface area (TPSA) is 35.5 Å². The molecule has 0 aliphatic carbocycles. The molecule has 120 valence electrons. The zero-order valence-electron chi connectivity index (χ0n) is 13.4. The van der Waals surface area contributed by atoms with E-state index in [1.54, 1.807) is 6.08 Å². The van der Waals surface area contributed by atoms with Gasteiger partial charge < -0.3 is 9.47 Å². The molecule has 0 saturated heterocycles. The largest absolute Gasteiger partial charge is 0.489 e. The second-order valence-corrected chi connectivity index (χ2v) is 5.37. The van der Waals surface area contributed by atoms with E-state index < -0.39 is 0 Å². The molecule has 3 aromatic carbocycles. The lowest BCUT2D eigenvalue weighted by molar-refractivity contribution is -0.136. The Hall–Kier alpha value is -3.07. The Kier molecular flexibility index (Phi) is 4.92. The maximum Gasteiger partial charge on any atom is 0.337 e. The number of hydrogen-bond acceptors (Lipinski definition) is 3. The molecule has 3 rings (SSSR count). The number of carbonyl (C=O) groups excluding carboxylic acids is 1. The van der Waals surface area contributed by atoms with Crippen LogP contribution in [0.15, 0.2) is 78.4 Å². The van der Waals surface area contributed by atoms with E-state index >= 15 is 0 Å². The molecule has 3 aromatic rings. The van der Waals surface area contributed by atoms with Crippen molar-refractivity contribution >= 4 is 22.8 Å². The number of rotatable bonds is 5. The van der Waals surface area contributed by atoms with Gasteiger partial charge >= 0.3 is 5.97 Å². The van der Waals surface area contributed by atoms with Gasteiger partial charge in [0, 0.05) is 0 Å². The van der Waals surface area contributed by atoms with Gasteiger partial charge in [0.1, 0.15) is 12.4 Å². The fraction of sp³-hybridized carbons (Fsp3) is 0.0952. The van der Waals surface area contributed by atoms with Gasteiger partial charge in [-0.1, -0.05) is 60.7 Å². The summed E-state index contributed by atoms with van der Waals surface area (Å²) in [4.78, 5) is 12.0. The first-order valence-corrected chi connectivity index (χ1v) is 7.72. The third kappa shape index (κ3) is 3.82. The summed E-state index contributed by atoms with van der Waals surface area (Å²) in [5, 5.41) is 2.25. The number of fused-ring (bicyclic) bond motifs is 1. The molecule has 0 N–H and O–H groups in total. The minimum absolute atomic E-state index is 0.153. The Labute approximate surface area is 141 Å². The van der Waals surface area contributed by atoms with Gasteiger partial charge in [-0.2, -0.15) is 0 Å². The minimum Gasteiger partial charge on any atom is -0.489 e. The quantitative estimate of drug-likeness (QED) is 0.514. The molecule has 0 fully saturated rings. The summed E-state index contributed by atoms with van der Waals surface area (Å²) in [6, 6.07) is 23.6. The molecule has 0 aliphatic heterocycles. The number of methoxy groups -OCH3 is 1. The zero-order chi connectivity index (χ0) is 16.8. The van der Waals surface area contributed by atoms with Crippen molar-refractivity contribution in [3.63, 3.8) is 0 Å². The fourth-order valence-electron chi connectivity index (χ4n) is 2.46. The lowest BCUT2D eigenvalue weighted by Crippen LogP contribution is -2.12. The van der Waals surface area contributed by atoms with Crippen molar-refractivity contribution in [2.24, 2.45) is 0 Å². The van der Waals surface area contributed by atoms with Crippen LogP contribution in [0.3, 0.4) is 0 Å². The van der Waals surface area contributed by atoms with Gasteiger partial charge in [-0.05, 0) is 34.5 Å². The van der Waals surface area contributed by atoms with Crippen LogP contribution in [0, 0.1) is 0 Å². The van der Waals surface area contributed by atoms with Crippen molar-refractivity contribution in [3.8, 4) is 5.75 Å². The number of carbonyl (C=O) groups is 1. The van der Waals surface area contributed by atoms with Gasteiger partial charge in [-0.3, -0.25) is 0 Å². The third-order valence-electron chi connectivity index (χ3n) is 3.70.